The van der Waals surface area contributed by atoms with Crippen LogP contribution in [0, 0.1) is 0 Å². The van der Waals surface area contributed by atoms with Crippen molar-refractivity contribution in [2.45, 2.75) is 0 Å². The molecule has 65 valence electrons. The Morgan fingerprint density at radius 1 is 0.900 bits per heavy atom. The molecular formula is H6O8SV. The van der Waals surface area contributed by atoms with Gasteiger partial charge in [0.1, 0.15) is 0 Å². The van der Waals surface area contributed by atoms with Crippen LogP contribution in [0.2, 0.25) is 0 Å². The predicted octanol–water partition coefficient (Wildman–Crippen LogP) is -3.93. The normalized spacial score (nSPS) is 6.40. The van der Waals surface area contributed by atoms with Crippen LogP contribution in [-0.4, -0.2) is 34.0 Å². The van der Waals surface area contributed by atoms with Gasteiger partial charge in [-0.2, -0.15) is 0 Å². The molecular weight excluding hydrogens is 211 g/mol. The molecule has 0 radical (unpaired) electrons. The summed E-state index contributed by atoms with van der Waals surface area (Å²) >= 11 is 1.06. The molecule has 0 bridgehead atoms. The van der Waals surface area contributed by atoms with Crippen LogP contribution in [0.15, 0.2) is 0 Å². The number of rotatable bonds is 0. The van der Waals surface area contributed by atoms with Crippen molar-refractivity contribution in [3.63, 3.8) is 0 Å². The molecule has 6 N–H and O–H groups in total. The van der Waals surface area contributed by atoms with Gasteiger partial charge in [0, 0.05) is 10.4 Å². The van der Waals surface area contributed by atoms with Crippen molar-refractivity contribution >= 4 is 10.4 Å². The van der Waals surface area contributed by atoms with E-state index in [0.717, 1.165) is 17.4 Å². The number of hydrogen-bond acceptors (Lipinski definition) is 5. The predicted molar refractivity (Wildman–Crippen MR) is 22.0 cm³/mol. The fourth-order valence-electron chi connectivity index (χ4n) is 0. The molecule has 0 atom stereocenters. The minimum absolute atomic E-state index is 0. The van der Waals surface area contributed by atoms with E-state index in [9.17, 15) is 0 Å². The molecule has 0 aliphatic rings. The fraction of sp³-hybridized carbons (Fsp3) is 0. The molecule has 0 aromatic carbocycles. The Balaban J connectivity index is -0.0000000154. The van der Waals surface area contributed by atoms with Crippen LogP contribution in [0.4, 0.5) is 0 Å². The standard InChI is InChI=1S/H2O4S.3H2O.O.V/c1-5(2,3)4;;;;;/h(H2,1,2,3,4);3*1H2;;/q;;;;;+2/p-2. The second-order valence-corrected chi connectivity index (χ2v) is 1.22. The Hall–Kier alpha value is 0.134. The Labute approximate surface area is 65.9 Å². The average molecular weight is 217 g/mol. The van der Waals surface area contributed by atoms with E-state index in [1.54, 1.807) is 0 Å². The Bertz CT molecular complexity index is 103. The third kappa shape index (κ3) is 22900. The topological polar surface area (TPSA) is 192 Å². The molecule has 0 aromatic heterocycles. The van der Waals surface area contributed by atoms with Gasteiger partial charge >= 0.3 is 21.0 Å². The summed E-state index contributed by atoms with van der Waals surface area (Å²) in [5, 5.41) is 0. The molecule has 0 aromatic rings. The van der Waals surface area contributed by atoms with E-state index >= 15 is 0 Å². The molecule has 10 heavy (non-hydrogen) atoms. The van der Waals surface area contributed by atoms with E-state index in [2.05, 4.69) is 0 Å². The van der Waals surface area contributed by atoms with Gasteiger partial charge in [-0.25, -0.2) is 0 Å². The molecule has 0 spiro atoms. The van der Waals surface area contributed by atoms with Gasteiger partial charge in [0.05, 0.1) is 0 Å². The van der Waals surface area contributed by atoms with E-state index in [-0.39, 0.29) is 16.4 Å². The molecule has 8 nitrogen and oxygen atoms in total. The first-order chi connectivity index (χ1) is 3.00. The molecule has 0 saturated carbocycles. The zero-order chi connectivity index (χ0) is 6.50. The van der Waals surface area contributed by atoms with Crippen molar-refractivity contribution in [1.82, 2.24) is 0 Å². The zero-order valence-corrected chi connectivity index (χ0v) is 6.61. The first-order valence-electron chi connectivity index (χ1n) is 0.849. The van der Waals surface area contributed by atoms with Crippen molar-refractivity contribution in [1.29, 1.82) is 0 Å². The molecule has 10 heteroatoms. The number of hydrogen-bond donors (Lipinski definition) is 0. The third-order valence-electron chi connectivity index (χ3n) is 0. The molecule has 0 amide bonds. The second kappa shape index (κ2) is 16.1. The van der Waals surface area contributed by atoms with E-state index in [0.29, 0.717) is 0 Å². The van der Waals surface area contributed by atoms with Crippen LogP contribution in [0.1, 0.15) is 0 Å². The van der Waals surface area contributed by atoms with Crippen LogP contribution >= 0.6 is 0 Å². The molecule has 0 fully saturated rings. The second-order valence-electron chi connectivity index (χ2n) is 0.408. The summed E-state index contributed by atoms with van der Waals surface area (Å²) in [7, 11) is -5.17. The molecule has 0 rings (SSSR count). The van der Waals surface area contributed by atoms with Crippen LogP contribution in [-0.2, 0) is 31.4 Å². The van der Waals surface area contributed by atoms with Crippen molar-refractivity contribution in [3.8, 4) is 0 Å². The minimum atomic E-state index is -5.17. The van der Waals surface area contributed by atoms with Gasteiger partial charge in [0.15, 0.2) is 0 Å². The summed E-state index contributed by atoms with van der Waals surface area (Å²) < 4.78 is 42.3. The Morgan fingerprint density at radius 2 is 0.900 bits per heavy atom. The van der Waals surface area contributed by atoms with Gasteiger partial charge in [-0.05, 0) is 0 Å². The van der Waals surface area contributed by atoms with Crippen LogP contribution in [0.25, 0.3) is 0 Å². The van der Waals surface area contributed by atoms with Crippen LogP contribution in [0.5, 0.6) is 0 Å². The monoisotopic (exact) mass is 217 g/mol. The first kappa shape index (κ1) is 32.1. The average Bonchev–Trinajstić information content (AvgIpc) is 1.36. The van der Waals surface area contributed by atoms with Crippen molar-refractivity contribution in [2.24, 2.45) is 0 Å². The van der Waals surface area contributed by atoms with Gasteiger partial charge in [-0.15, -0.1) is 0 Å². The summed E-state index contributed by atoms with van der Waals surface area (Å²) in [6.07, 6.45) is 0. The Morgan fingerprint density at radius 3 is 0.900 bits per heavy atom. The van der Waals surface area contributed by atoms with Crippen LogP contribution < -0.4 is 0 Å². The van der Waals surface area contributed by atoms with E-state index in [4.69, 9.17) is 21.2 Å². The van der Waals surface area contributed by atoms with Crippen molar-refractivity contribution in [3.05, 3.63) is 0 Å². The quantitative estimate of drug-likeness (QED) is 0.294. The third-order valence-corrected chi connectivity index (χ3v) is 0. The summed E-state index contributed by atoms with van der Waals surface area (Å²) in [5.41, 5.74) is 0. The van der Waals surface area contributed by atoms with Gasteiger partial charge in [0.2, 0.25) is 0 Å². The first-order valence-corrected chi connectivity index (χ1v) is 2.75. The van der Waals surface area contributed by atoms with E-state index in [1.807, 2.05) is 0 Å². The summed E-state index contributed by atoms with van der Waals surface area (Å²) in [5.74, 6) is 0. The SMILES string of the molecule is O.O.O.O=S(=O)([O-])[O-].[O]=[V+2]. The summed E-state index contributed by atoms with van der Waals surface area (Å²) in [4.78, 5) is 0. The molecule has 0 heterocycles. The van der Waals surface area contributed by atoms with E-state index in [1.165, 1.54) is 0 Å². The molecule has 0 saturated heterocycles. The molecule has 0 aliphatic carbocycles. The van der Waals surface area contributed by atoms with Crippen LogP contribution in [0.3, 0.4) is 0 Å². The van der Waals surface area contributed by atoms with Gasteiger partial charge in [-0.1, -0.05) is 0 Å². The van der Waals surface area contributed by atoms with Gasteiger partial charge in [0.25, 0.3) is 0 Å². The summed E-state index contributed by atoms with van der Waals surface area (Å²) in [6.45, 7) is 0. The maximum absolute atomic E-state index is 8.52. The molecule has 0 unspecified atom stereocenters. The van der Waals surface area contributed by atoms with Gasteiger partial charge in [-0.3, -0.25) is 8.42 Å². The maximum atomic E-state index is 8.52. The molecule has 0 aliphatic heterocycles. The van der Waals surface area contributed by atoms with Crippen molar-refractivity contribution < 1.29 is 55.0 Å². The fourth-order valence-corrected chi connectivity index (χ4v) is 0. The zero-order valence-electron chi connectivity index (χ0n) is 4.40. The Kier molecular flexibility index (Phi) is 51.5. The summed E-state index contributed by atoms with van der Waals surface area (Å²) in [6, 6.07) is 0. The van der Waals surface area contributed by atoms with E-state index < -0.39 is 10.4 Å². The van der Waals surface area contributed by atoms with Gasteiger partial charge < -0.3 is 25.5 Å². The van der Waals surface area contributed by atoms with Crippen molar-refractivity contribution in [2.75, 3.05) is 0 Å².